The minimum Gasteiger partial charge on any atom is -0.464 e. The number of nitrogens with two attached hydrogens (primary N) is 1. The first-order valence-corrected chi connectivity index (χ1v) is 6.25. The van der Waals surface area contributed by atoms with Crippen LogP contribution >= 0.6 is 0 Å². The quantitative estimate of drug-likeness (QED) is 0.728. The average Bonchev–Trinajstić information content (AvgIpc) is 2.28. The molecule has 0 heterocycles. The molecule has 1 aliphatic carbocycles. The van der Waals surface area contributed by atoms with Gasteiger partial charge in [-0.25, -0.2) is 4.79 Å². The normalized spacial score (nSPS) is 27.4. The Morgan fingerprint density at radius 2 is 1.94 bits per heavy atom. The van der Waals surface area contributed by atoms with Crippen LogP contribution in [0.25, 0.3) is 0 Å². The molecule has 1 atom stereocenters. The molecule has 1 aliphatic rings. The highest BCUT2D eigenvalue weighted by Crippen LogP contribution is 2.22. The molecule has 0 spiro atoms. The number of carbonyl (C=O) groups excluding carboxylic acids is 1. The molecule has 16 heavy (non-hydrogen) atoms. The number of esters is 1. The highest BCUT2D eigenvalue weighted by Gasteiger charge is 2.26. The van der Waals surface area contributed by atoms with Crippen molar-refractivity contribution < 1.29 is 14.3 Å². The van der Waals surface area contributed by atoms with Gasteiger partial charge in [0.05, 0.1) is 12.7 Å². The van der Waals surface area contributed by atoms with Gasteiger partial charge >= 0.3 is 5.97 Å². The maximum Gasteiger partial charge on any atom is 0.335 e. The summed E-state index contributed by atoms with van der Waals surface area (Å²) in [4.78, 5) is 11.5. The largest absolute Gasteiger partial charge is 0.464 e. The molecule has 0 aromatic heterocycles. The van der Waals surface area contributed by atoms with E-state index in [9.17, 15) is 4.79 Å². The fraction of sp³-hybridized carbons (Fsp3) is 0.917. The van der Waals surface area contributed by atoms with Crippen molar-refractivity contribution in [1.29, 1.82) is 0 Å². The number of carbonyl (C=O) groups is 1. The summed E-state index contributed by atoms with van der Waals surface area (Å²) in [7, 11) is 0. The van der Waals surface area contributed by atoms with Gasteiger partial charge in [0.15, 0.2) is 6.10 Å². The third-order valence-corrected chi connectivity index (χ3v) is 3.00. The Kier molecular flexibility index (Phi) is 5.77. The number of hydrogen-bond acceptors (Lipinski definition) is 4. The van der Waals surface area contributed by atoms with Crippen LogP contribution in [-0.2, 0) is 14.3 Å². The Balaban J connectivity index is 2.35. The smallest absolute Gasteiger partial charge is 0.335 e. The van der Waals surface area contributed by atoms with Gasteiger partial charge < -0.3 is 15.2 Å². The van der Waals surface area contributed by atoms with Crippen LogP contribution in [0.5, 0.6) is 0 Å². The molecular formula is C12H23NO3. The zero-order valence-corrected chi connectivity index (χ0v) is 10.3. The first-order valence-electron chi connectivity index (χ1n) is 6.25. The van der Waals surface area contributed by atoms with Gasteiger partial charge in [0.1, 0.15) is 0 Å². The average molecular weight is 229 g/mol. The molecule has 0 radical (unpaired) electrons. The van der Waals surface area contributed by atoms with E-state index in [0.717, 1.165) is 25.7 Å². The zero-order chi connectivity index (χ0) is 12.0. The van der Waals surface area contributed by atoms with Crippen LogP contribution in [0.3, 0.4) is 0 Å². The van der Waals surface area contributed by atoms with E-state index in [1.165, 1.54) is 0 Å². The van der Waals surface area contributed by atoms with Crippen LogP contribution in [-0.4, -0.2) is 30.8 Å². The van der Waals surface area contributed by atoms with Crippen LogP contribution in [0, 0.1) is 0 Å². The summed E-state index contributed by atoms with van der Waals surface area (Å²) >= 11 is 0. The fourth-order valence-corrected chi connectivity index (χ4v) is 2.01. The standard InChI is InChI=1S/C12H23NO3/c1-3-11(12(14)15-4-2)16-10-7-5-9(13)6-8-10/h9-11H,3-8,13H2,1-2H3. The van der Waals surface area contributed by atoms with Crippen molar-refractivity contribution in [3.8, 4) is 0 Å². The van der Waals surface area contributed by atoms with Gasteiger partial charge in [0.2, 0.25) is 0 Å². The lowest BCUT2D eigenvalue weighted by Gasteiger charge is -2.28. The Labute approximate surface area is 97.5 Å². The number of ether oxygens (including phenoxy) is 2. The molecule has 0 amide bonds. The summed E-state index contributed by atoms with van der Waals surface area (Å²) in [5, 5.41) is 0. The summed E-state index contributed by atoms with van der Waals surface area (Å²) in [5.41, 5.74) is 5.82. The van der Waals surface area contributed by atoms with E-state index >= 15 is 0 Å². The van der Waals surface area contributed by atoms with Crippen molar-refractivity contribution in [2.24, 2.45) is 5.73 Å². The van der Waals surface area contributed by atoms with Crippen LogP contribution in [0.1, 0.15) is 46.0 Å². The van der Waals surface area contributed by atoms with E-state index in [1.807, 2.05) is 13.8 Å². The highest BCUT2D eigenvalue weighted by atomic mass is 16.6. The third-order valence-electron chi connectivity index (χ3n) is 3.00. The predicted molar refractivity (Wildman–Crippen MR) is 62.0 cm³/mol. The van der Waals surface area contributed by atoms with Crippen molar-refractivity contribution in [3.05, 3.63) is 0 Å². The fourth-order valence-electron chi connectivity index (χ4n) is 2.01. The Hall–Kier alpha value is -0.610. The monoisotopic (exact) mass is 229 g/mol. The summed E-state index contributed by atoms with van der Waals surface area (Å²) in [6, 6.07) is 0.308. The van der Waals surface area contributed by atoms with Crippen molar-refractivity contribution in [2.45, 2.75) is 64.2 Å². The molecular weight excluding hydrogens is 206 g/mol. The molecule has 94 valence electrons. The maximum absolute atomic E-state index is 11.5. The molecule has 2 N–H and O–H groups in total. The second-order valence-corrected chi connectivity index (χ2v) is 4.32. The lowest BCUT2D eigenvalue weighted by atomic mass is 9.93. The van der Waals surface area contributed by atoms with E-state index in [-0.39, 0.29) is 12.1 Å². The van der Waals surface area contributed by atoms with Crippen LogP contribution in [0.2, 0.25) is 0 Å². The summed E-state index contributed by atoms with van der Waals surface area (Å²) in [6.45, 7) is 4.16. The highest BCUT2D eigenvalue weighted by molar-refractivity contribution is 5.74. The van der Waals surface area contributed by atoms with E-state index in [1.54, 1.807) is 0 Å². The molecule has 4 nitrogen and oxygen atoms in total. The maximum atomic E-state index is 11.5. The minimum atomic E-state index is -0.403. The molecule has 0 bridgehead atoms. The van der Waals surface area contributed by atoms with E-state index < -0.39 is 6.10 Å². The van der Waals surface area contributed by atoms with Crippen molar-refractivity contribution >= 4 is 5.97 Å². The Morgan fingerprint density at radius 1 is 1.31 bits per heavy atom. The molecule has 0 aliphatic heterocycles. The Morgan fingerprint density at radius 3 is 2.44 bits per heavy atom. The summed E-state index contributed by atoms with van der Waals surface area (Å²) in [5.74, 6) is -0.236. The van der Waals surface area contributed by atoms with Crippen LogP contribution < -0.4 is 5.73 Å². The van der Waals surface area contributed by atoms with Crippen LogP contribution in [0.15, 0.2) is 0 Å². The topological polar surface area (TPSA) is 61.5 Å². The molecule has 0 saturated heterocycles. The lowest BCUT2D eigenvalue weighted by molar-refractivity contribution is -0.162. The summed E-state index contributed by atoms with van der Waals surface area (Å²) in [6.07, 6.45) is 4.33. The molecule has 1 saturated carbocycles. The van der Waals surface area contributed by atoms with Gasteiger partial charge in [-0.15, -0.1) is 0 Å². The van der Waals surface area contributed by atoms with Gasteiger partial charge in [-0.1, -0.05) is 6.92 Å². The van der Waals surface area contributed by atoms with Gasteiger partial charge in [-0.2, -0.15) is 0 Å². The number of rotatable bonds is 5. The molecule has 1 fully saturated rings. The van der Waals surface area contributed by atoms with Gasteiger partial charge in [-0.3, -0.25) is 0 Å². The molecule has 1 unspecified atom stereocenters. The first kappa shape index (κ1) is 13.5. The van der Waals surface area contributed by atoms with Crippen LogP contribution in [0.4, 0.5) is 0 Å². The second kappa shape index (κ2) is 6.86. The molecule has 4 heteroatoms. The first-order chi connectivity index (χ1) is 7.67. The minimum absolute atomic E-state index is 0.175. The third kappa shape index (κ3) is 4.10. The van der Waals surface area contributed by atoms with E-state index in [2.05, 4.69) is 0 Å². The molecule has 0 aromatic rings. The zero-order valence-electron chi connectivity index (χ0n) is 10.3. The lowest BCUT2D eigenvalue weighted by Crippen LogP contribution is -2.35. The molecule has 1 rings (SSSR count). The Bertz CT molecular complexity index is 212. The van der Waals surface area contributed by atoms with Gasteiger partial charge in [-0.05, 0) is 39.0 Å². The second-order valence-electron chi connectivity index (χ2n) is 4.32. The summed E-state index contributed by atoms with van der Waals surface area (Å²) < 4.78 is 10.7. The van der Waals surface area contributed by atoms with E-state index in [4.69, 9.17) is 15.2 Å². The van der Waals surface area contributed by atoms with Gasteiger partial charge in [0, 0.05) is 6.04 Å². The van der Waals surface area contributed by atoms with Crippen molar-refractivity contribution in [3.63, 3.8) is 0 Å². The van der Waals surface area contributed by atoms with Gasteiger partial charge in [0.25, 0.3) is 0 Å². The molecule has 0 aromatic carbocycles. The SMILES string of the molecule is CCOC(=O)C(CC)OC1CCC(N)CC1. The van der Waals surface area contributed by atoms with E-state index in [0.29, 0.717) is 19.1 Å². The number of hydrogen-bond donors (Lipinski definition) is 1. The van der Waals surface area contributed by atoms with Crippen molar-refractivity contribution in [1.82, 2.24) is 0 Å². The predicted octanol–water partition coefficient (Wildman–Crippen LogP) is 1.61. The van der Waals surface area contributed by atoms with Crippen molar-refractivity contribution in [2.75, 3.05) is 6.61 Å².